The highest BCUT2D eigenvalue weighted by Crippen LogP contribution is 2.36. The van der Waals surface area contributed by atoms with Gasteiger partial charge in [-0.25, -0.2) is 23.7 Å². The molecular formula is C29H33ClF2N6OS. The first kappa shape index (κ1) is 31.0. The van der Waals surface area contributed by atoms with E-state index in [1.54, 1.807) is 6.20 Å². The second-order valence-corrected chi connectivity index (χ2v) is 10.5. The van der Waals surface area contributed by atoms with E-state index < -0.39 is 11.6 Å². The van der Waals surface area contributed by atoms with Crippen molar-refractivity contribution in [1.29, 1.82) is 0 Å². The van der Waals surface area contributed by atoms with Crippen LogP contribution in [-0.4, -0.2) is 65.5 Å². The standard InChI is InChI=1S/C29H33ClF2N6OS/c1-7-13-37(4)14-15-38(5)28(36-26-19(18(2)3)11-12-33-29(26)40-6)21-16-23(32)25(35-27(21)34-17-39)20-9-8-10-22(31)24(20)30/h7-13,16-18H,14-15H2,1-6H3,(H,34,35,39)/b13-7+,36-28+. The highest BCUT2D eigenvalue weighted by atomic mass is 35.5. The minimum atomic E-state index is -0.744. The maximum absolute atomic E-state index is 15.7. The molecule has 1 aromatic carbocycles. The van der Waals surface area contributed by atoms with Gasteiger partial charge in [0.05, 0.1) is 10.6 Å². The average molecular weight is 587 g/mol. The number of amides is 1. The third kappa shape index (κ3) is 7.17. The molecular weight excluding hydrogens is 554 g/mol. The van der Waals surface area contributed by atoms with Gasteiger partial charge in [0.15, 0.2) is 0 Å². The highest BCUT2D eigenvalue weighted by molar-refractivity contribution is 7.98. The van der Waals surface area contributed by atoms with E-state index in [1.807, 2.05) is 55.4 Å². The Morgan fingerprint density at radius 1 is 1.20 bits per heavy atom. The maximum Gasteiger partial charge on any atom is 0.212 e. The van der Waals surface area contributed by atoms with Crippen molar-refractivity contribution < 1.29 is 13.6 Å². The summed E-state index contributed by atoms with van der Waals surface area (Å²) >= 11 is 7.60. The van der Waals surface area contributed by atoms with E-state index >= 15 is 4.39 Å². The predicted molar refractivity (Wildman–Crippen MR) is 161 cm³/mol. The summed E-state index contributed by atoms with van der Waals surface area (Å²) in [7, 11) is 3.79. The molecule has 2 aromatic heterocycles. The molecule has 0 aliphatic carbocycles. The van der Waals surface area contributed by atoms with Crippen molar-refractivity contribution in [3.05, 3.63) is 76.6 Å². The zero-order valence-electron chi connectivity index (χ0n) is 23.4. The van der Waals surface area contributed by atoms with Crippen LogP contribution in [0.4, 0.5) is 20.3 Å². The Balaban J connectivity index is 2.29. The number of anilines is 1. The summed E-state index contributed by atoms with van der Waals surface area (Å²) in [6, 6.07) is 7.22. The zero-order valence-corrected chi connectivity index (χ0v) is 24.9. The van der Waals surface area contributed by atoms with Crippen molar-refractivity contribution in [3.63, 3.8) is 0 Å². The number of hydrogen-bond acceptors (Lipinski definition) is 6. The van der Waals surface area contributed by atoms with Crippen molar-refractivity contribution in [2.45, 2.75) is 31.7 Å². The number of nitrogens with one attached hydrogen (secondary N) is 1. The van der Waals surface area contributed by atoms with Crippen LogP contribution in [0.2, 0.25) is 5.02 Å². The van der Waals surface area contributed by atoms with Crippen molar-refractivity contribution in [1.82, 2.24) is 19.8 Å². The molecule has 3 aromatic rings. The number of aliphatic imine (C=N–C) groups is 1. The Morgan fingerprint density at radius 3 is 2.60 bits per heavy atom. The number of pyridine rings is 2. The van der Waals surface area contributed by atoms with Gasteiger partial charge in [-0.15, -0.1) is 11.8 Å². The van der Waals surface area contributed by atoms with Crippen molar-refractivity contribution in [3.8, 4) is 11.3 Å². The summed E-state index contributed by atoms with van der Waals surface area (Å²) in [4.78, 5) is 29.5. The number of carbonyl (C=O) groups is 1. The predicted octanol–water partition coefficient (Wildman–Crippen LogP) is 6.96. The molecule has 11 heteroatoms. The Hall–Kier alpha value is -3.50. The van der Waals surface area contributed by atoms with Crippen LogP contribution in [0.5, 0.6) is 0 Å². The number of thioether (sulfide) groups is 1. The second kappa shape index (κ2) is 14.2. The second-order valence-electron chi connectivity index (χ2n) is 9.31. The number of aromatic nitrogens is 2. The largest absolute Gasteiger partial charge is 0.379 e. The lowest BCUT2D eigenvalue weighted by Gasteiger charge is -2.26. The molecule has 7 nitrogen and oxygen atoms in total. The smallest absolute Gasteiger partial charge is 0.212 e. The maximum atomic E-state index is 15.7. The van der Waals surface area contributed by atoms with Crippen LogP contribution in [0.15, 0.2) is 58.8 Å². The number of hydrogen-bond donors (Lipinski definition) is 1. The van der Waals surface area contributed by atoms with Crippen molar-refractivity contribution in [2.75, 3.05) is 38.8 Å². The van der Waals surface area contributed by atoms with Gasteiger partial charge >= 0.3 is 0 Å². The SMILES string of the molecule is C/C=C/N(C)CCN(C)/C(=N/c1c(C(C)C)ccnc1SC)c1cc(F)c(-c2cccc(F)c2Cl)nc1NC=O. The third-order valence-corrected chi connectivity index (χ3v) is 7.20. The van der Waals surface area contributed by atoms with E-state index in [4.69, 9.17) is 16.6 Å². The van der Waals surface area contributed by atoms with Crippen LogP contribution in [0.1, 0.15) is 37.8 Å². The average Bonchev–Trinajstić information content (AvgIpc) is 2.93. The van der Waals surface area contributed by atoms with Crippen LogP contribution in [-0.2, 0) is 4.79 Å². The van der Waals surface area contributed by atoms with Gasteiger partial charge in [0, 0.05) is 38.9 Å². The lowest BCUT2D eigenvalue weighted by Crippen LogP contribution is -2.34. The molecule has 0 aliphatic rings. The van der Waals surface area contributed by atoms with E-state index in [1.165, 1.54) is 36.0 Å². The third-order valence-electron chi connectivity index (χ3n) is 6.13. The number of allylic oxidation sites excluding steroid dienone is 1. The summed E-state index contributed by atoms with van der Waals surface area (Å²) in [6.07, 6.45) is 8.00. The molecule has 3 rings (SSSR count). The Kier molecular flexibility index (Phi) is 11.0. The Bertz CT molecular complexity index is 1420. The first-order chi connectivity index (χ1) is 19.1. The van der Waals surface area contributed by atoms with Crippen molar-refractivity contribution >= 4 is 47.1 Å². The summed E-state index contributed by atoms with van der Waals surface area (Å²) in [5, 5.41) is 3.02. The summed E-state index contributed by atoms with van der Waals surface area (Å²) < 4.78 is 29.9. The quantitative estimate of drug-likeness (QED) is 0.113. The fraction of sp³-hybridized carbons (Fsp3) is 0.310. The zero-order chi connectivity index (χ0) is 29.4. The number of rotatable bonds is 11. The Labute approximate surface area is 243 Å². The molecule has 1 N–H and O–H groups in total. The molecule has 1 amide bonds. The molecule has 2 heterocycles. The molecule has 0 atom stereocenters. The lowest BCUT2D eigenvalue weighted by molar-refractivity contribution is -0.105. The minimum Gasteiger partial charge on any atom is -0.379 e. The molecule has 0 spiro atoms. The lowest BCUT2D eigenvalue weighted by atomic mass is 10.0. The molecule has 0 fully saturated rings. The van der Waals surface area contributed by atoms with Gasteiger partial charge < -0.3 is 15.1 Å². The summed E-state index contributed by atoms with van der Waals surface area (Å²) in [5.41, 5.74) is 1.75. The number of benzene rings is 1. The van der Waals surface area contributed by atoms with E-state index in [0.29, 0.717) is 36.0 Å². The number of carbonyl (C=O) groups excluding carboxylic acids is 1. The number of nitrogens with zero attached hydrogens (tertiary/aromatic N) is 5. The van der Waals surface area contributed by atoms with Crippen molar-refractivity contribution in [2.24, 2.45) is 4.99 Å². The topological polar surface area (TPSA) is 73.7 Å². The van der Waals surface area contributed by atoms with Gasteiger partial charge in [0.25, 0.3) is 0 Å². The first-order valence-corrected chi connectivity index (χ1v) is 14.2. The van der Waals surface area contributed by atoms with E-state index in [0.717, 1.165) is 5.56 Å². The van der Waals surface area contributed by atoms with Gasteiger partial charge in [0.1, 0.15) is 39.7 Å². The molecule has 40 heavy (non-hydrogen) atoms. The van der Waals surface area contributed by atoms with E-state index in [-0.39, 0.29) is 33.6 Å². The highest BCUT2D eigenvalue weighted by Gasteiger charge is 2.23. The molecule has 212 valence electrons. The van der Waals surface area contributed by atoms with Crippen LogP contribution in [0, 0.1) is 11.6 Å². The van der Waals surface area contributed by atoms with Crippen LogP contribution in [0.3, 0.4) is 0 Å². The first-order valence-electron chi connectivity index (χ1n) is 12.6. The van der Waals surface area contributed by atoms with Gasteiger partial charge in [-0.1, -0.05) is 43.7 Å². The normalized spacial score (nSPS) is 11.8. The van der Waals surface area contributed by atoms with E-state index in [2.05, 4.69) is 29.1 Å². The molecule has 0 bridgehead atoms. The number of likely N-dealkylation sites (N-methyl/N-ethyl adjacent to an activating group) is 2. The minimum absolute atomic E-state index is 0.0554. The summed E-state index contributed by atoms with van der Waals surface area (Å²) in [5.74, 6) is -0.873. The number of halogens is 3. The molecule has 0 radical (unpaired) electrons. The van der Waals surface area contributed by atoms with Gasteiger partial charge in [-0.2, -0.15) is 0 Å². The number of amidine groups is 1. The fourth-order valence-electron chi connectivity index (χ4n) is 4.08. The van der Waals surface area contributed by atoms with E-state index in [9.17, 15) is 9.18 Å². The van der Waals surface area contributed by atoms with Gasteiger partial charge in [-0.05, 0) is 49.1 Å². The summed E-state index contributed by atoms with van der Waals surface area (Å²) in [6.45, 7) is 7.22. The fourth-order valence-corrected chi connectivity index (χ4v) is 4.82. The van der Waals surface area contributed by atoms with Crippen LogP contribution in [0.25, 0.3) is 11.3 Å². The molecule has 0 saturated carbocycles. The van der Waals surface area contributed by atoms with Gasteiger partial charge in [0.2, 0.25) is 6.41 Å². The molecule has 0 saturated heterocycles. The van der Waals surface area contributed by atoms with Crippen LogP contribution < -0.4 is 5.32 Å². The Morgan fingerprint density at radius 2 is 1.95 bits per heavy atom. The van der Waals surface area contributed by atoms with Gasteiger partial charge in [-0.3, -0.25) is 4.79 Å². The van der Waals surface area contributed by atoms with Crippen LogP contribution >= 0.6 is 23.4 Å². The molecule has 0 unspecified atom stereocenters. The molecule has 0 aliphatic heterocycles. The monoisotopic (exact) mass is 586 g/mol.